The molecule has 3 heteroatoms. The summed E-state index contributed by atoms with van der Waals surface area (Å²) in [4.78, 5) is 1.20. The number of benzene rings is 2. The Morgan fingerprint density at radius 2 is 1.56 bits per heavy atom. The van der Waals surface area contributed by atoms with Crippen LogP contribution < -0.4 is 10.5 Å². The number of hydrogen-bond donors (Lipinski definition) is 2. The Kier molecular flexibility index (Phi) is 3.37. The van der Waals surface area contributed by atoms with Gasteiger partial charge in [-0.3, -0.25) is 0 Å². The first-order chi connectivity index (χ1) is 7.74. The third-order valence-electron chi connectivity index (χ3n) is 2.22. The van der Waals surface area contributed by atoms with Gasteiger partial charge in [-0.05, 0) is 55.3 Å². The SMILES string of the molecule is Cc1ccc(SNc2ccc(N)cc2)cc1. The van der Waals surface area contributed by atoms with Crippen LogP contribution in [0.1, 0.15) is 5.56 Å². The minimum Gasteiger partial charge on any atom is -0.399 e. The van der Waals surface area contributed by atoms with Gasteiger partial charge in [0.15, 0.2) is 0 Å². The number of anilines is 2. The molecule has 16 heavy (non-hydrogen) atoms. The second-order valence-corrected chi connectivity index (χ2v) is 4.52. The van der Waals surface area contributed by atoms with Crippen LogP contribution in [0, 0.1) is 6.92 Å². The summed E-state index contributed by atoms with van der Waals surface area (Å²) in [6.45, 7) is 2.09. The lowest BCUT2D eigenvalue weighted by atomic mass is 10.2. The van der Waals surface area contributed by atoms with Gasteiger partial charge in [-0.2, -0.15) is 0 Å². The summed E-state index contributed by atoms with van der Waals surface area (Å²) < 4.78 is 3.27. The molecule has 0 aromatic heterocycles. The maximum absolute atomic E-state index is 5.62. The zero-order chi connectivity index (χ0) is 11.4. The van der Waals surface area contributed by atoms with E-state index in [0.717, 1.165) is 11.4 Å². The first kappa shape index (κ1) is 10.9. The van der Waals surface area contributed by atoms with E-state index in [4.69, 9.17) is 5.73 Å². The molecular weight excluding hydrogens is 216 g/mol. The molecule has 0 saturated heterocycles. The zero-order valence-corrected chi connectivity index (χ0v) is 9.92. The summed E-state index contributed by atoms with van der Waals surface area (Å²) in [5, 5.41) is 0. The number of aryl methyl sites for hydroxylation is 1. The van der Waals surface area contributed by atoms with Crippen molar-refractivity contribution in [1.29, 1.82) is 0 Å². The van der Waals surface area contributed by atoms with Crippen LogP contribution in [0.15, 0.2) is 53.4 Å². The highest BCUT2D eigenvalue weighted by atomic mass is 32.2. The fourth-order valence-corrected chi connectivity index (χ4v) is 1.92. The molecule has 2 nitrogen and oxygen atoms in total. The Labute approximate surface area is 100 Å². The summed E-state index contributed by atoms with van der Waals surface area (Å²) in [5.74, 6) is 0. The number of nitrogens with two attached hydrogens (primary N) is 1. The Morgan fingerprint density at radius 3 is 2.19 bits per heavy atom. The van der Waals surface area contributed by atoms with Crippen molar-refractivity contribution in [3.63, 3.8) is 0 Å². The highest BCUT2D eigenvalue weighted by Crippen LogP contribution is 2.21. The standard InChI is InChI=1S/C13H14N2S/c1-10-2-8-13(9-3-10)16-15-12-6-4-11(14)5-7-12/h2-9,15H,14H2,1H3. The number of nitrogen functional groups attached to an aromatic ring is 1. The largest absolute Gasteiger partial charge is 0.399 e. The molecule has 0 aliphatic carbocycles. The maximum atomic E-state index is 5.62. The predicted octanol–water partition coefficient (Wildman–Crippen LogP) is 3.70. The summed E-state index contributed by atoms with van der Waals surface area (Å²) >= 11 is 1.60. The molecule has 82 valence electrons. The molecule has 0 heterocycles. The van der Waals surface area contributed by atoms with Crippen molar-refractivity contribution in [3.8, 4) is 0 Å². The van der Waals surface area contributed by atoms with Crippen molar-refractivity contribution in [1.82, 2.24) is 0 Å². The van der Waals surface area contributed by atoms with Crippen LogP contribution in [0.5, 0.6) is 0 Å². The lowest BCUT2D eigenvalue weighted by Gasteiger charge is -2.05. The molecule has 0 bridgehead atoms. The molecule has 0 saturated carbocycles. The Balaban J connectivity index is 1.97. The molecule has 0 atom stereocenters. The van der Waals surface area contributed by atoms with Gasteiger partial charge in [0, 0.05) is 16.3 Å². The Morgan fingerprint density at radius 1 is 0.938 bits per heavy atom. The van der Waals surface area contributed by atoms with Crippen LogP contribution in [0.2, 0.25) is 0 Å². The van der Waals surface area contributed by atoms with E-state index in [1.54, 1.807) is 11.9 Å². The number of rotatable bonds is 3. The molecule has 0 radical (unpaired) electrons. The van der Waals surface area contributed by atoms with E-state index in [1.807, 2.05) is 24.3 Å². The molecule has 0 fully saturated rings. The van der Waals surface area contributed by atoms with E-state index in [9.17, 15) is 0 Å². The van der Waals surface area contributed by atoms with Gasteiger partial charge in [-0.15, -0.1) is 0 Å². The average Bonchev–Trinajstić information content (AvgIpc) is 2.30. The first-order valence-corrected chi connectivity index (χ1v) is 5.91. The lowest BCUT2D eigenvalue weighted by Crippen LogP contribution is -1.88. The molecular formula is C13H14N2S. The van der Waals surface area contributed by atoms with Crippen LogP contribution in [0.3, 0.4) is 0 Å². The summed E-state index contributed by atoms with van der Waals surface area (Å²) in [6.07, 6.45) is 0. The summed E-state index contributed by atoms with van der Waals surface area (Å²) in [7, 11) is 0. The monoisotopic (exact) mass is 230 g/mol. The van der Waals surface area contributed by atoms with Gasteiger partial charge in [0.25, 0.3) is 0 Å². The van der Waals surface area contributed by atoms with Crippen molar-refractivity contribution in [2.45, 2.75) is 11.8 Å². The van der Waals surface area contributed by atoms with E-state index in [-0.39, 0.29) is 0 Å². The van der Waals surface area contributed by atoms with Gasteiger partial charge in [-0.25, -0.2) is 0 Å². The summed E-state index contributed by atoms with van der Waals surface area (Å²) in [6, 6.07) is 16.1. The van der Waals surface area contributed by atoms with Crippen molar-refractivity contribution < 1.29 is 0 Å². The Hall–Kier alpha value is -1.61. The van der Waals surface area contributed by atoms with Crippen molar-refractivity contribution in [3.05, 3.63) is 54.1 Å². The van der Waals surface area contributed by atoms with Crippen LogP contribution >= 0.6 is 11.9 Å². The topological polar surface area (TPSA) is 38.0 Å². The molecule has 0 aliphatic heterocycles. The summed E-state index contributed by atoms with van der Waals surface area (Å²) in [5.41, 5.74) is 8.73. The highest BCUT2D eigenvalue weighted by molar-refractivity contribution is 8.00. The molecule has 2 aromatic carbocycles. The van der Waals surface area contributed by atoms with E-state index >= 15 is 0 Å². The van der Waals surface area contributed by atoms with Gasteiger partial charge in [0.05, 0.1) is 0 Å². The number of nitrogens with one attached hydrogen (secondary N) is 1. The highest BCUT2D eigenvalue weighted by Gasteiger charge is 1.94. The van der Waals surface area contributed by atoms with E-state index in [2.05, 4.69) is 35.9 Å². The fraction of sp³-hybridized carbons (Fsp3) is 0.0769. The maximum Gasteiger partial charge on any atom is 0.0444 e. The minimum absolute atomic E-state index is 0.783. The van der Waals surface area contributed by atoms with Crippen LogP contribution in [-0.4, -0.2) is 0 Å². The Bertz CT molecular complexity index is 403. The third-order valence-corrected chi connectivity index (χ3v) is 3.06. The van der Waals surface area contributed by atoms with Crippen molar-refractivity contribution >= 4 is 23.3 Å². The predicted molar refractivity (Wildman–Crippen MR) is 71.5 cm³/mol. The lowest BCUT2D eigenvalue weighted by molar-refractivity contribution is 1.38. The van der Waals surface area contributed by atoms with Gasteiger partial charge >= 0.3 is 0 Å². The van der Waals surface area contributed by atoms with Gasteiger partial charge in [0.1, 0.15) is 0 Å². The molecule has 3 N–H and O–H groups in total. The molecule has 0 aliphatic rings. The van der Waals surface area contributed by atoms with E-state index < -0.39 is 0 Å². The fourth-order valence-electron chi connectivity index (χ4n) is 1.28. The molecule has 0 spiro atoms. The first-order valence-electron chi connectivity index (χ1n) is 5.09. The average molecular weight is 230 g/mol. The second-order valence-electron chi connectivity index (χ2n) is 3.64. The van der Waals surface area contributed by atoms with E-state index in [0.29, 0.717) is 0 Å². The zero-order valence-electron chi connectivity index (χ0n) is 9.10. The second kappa shape index (κ2) is 4.94. The minimum atomic E-state index is 0.783. The van der Waals surface area contributed by atoms with Crippen LogP contribution in [-0.2, 0) is 0 Å². The quantitative estimate of drug-likeness (QED) is 0.623. The van der Waals surface area contributed by atoms with Gasteiger partial charge in [-0.1, -0.05) is 17.7 Å². The van der Waals surface area contributed by atoms with Crippen LogP contribution in [0.25, 0.3) is 0 Å². The van der Waals surface area contributed by atoms with E-state index in [1.165, 1.54) is 10.5 Å². The molecule has 2 rings (SSSR count). The third kappa shape index (κ3) is 2.94. The normalized spacial score (nSPS) is 10.1. The molecule has 0 unspecified atom stereocenters. The van der Waals surface area contributed by atoms with Crippen molar-refractivity contribution in [2.75, 3.05) is 10.5 Å². The van der Waals surface area contributed by atoms with Crippen LogP contribution in [0.4, 0.5) is 11.4 Å². The molecule has 2 aromatic rings. The smallest absolute Gasteiger partial charge is 0.0444 e. The van der Waals surface area contributed by atoms with Gasteiger partial charge in [0.2, 0.25) is 0 Å². The van der Waals surface area contributed by atoms with Crippen molar-refractivity contribution in [2.24, 2.45) is 0 Å². The van der Waals surface area contributed by atoms with Gasteiger partial charge < -0.3 is 10.5 Å². The number of hydrogen-bond acceptors (Lipinski definition) is 3. The molecule has 0 amide bonds.